The fourth-order valence-electron chi connectivity index (χ4n) is 4.13. The predicted octanol–water partition coefficient (Wildman–Crippen LogP) is 3.25. The maximum Gasteiger partial charge on any atom is 0.335 e. The van der Waals surface area contributed by atoms with Gasteiger partial charge in [-0.15, -0.1) is 0 Å². The Hall–Kier alpha value is -2.13. The van der Waals surface area contributed by atoms with Gasteiger partial charge in [-0.05, 0) is 47.6 Å². The van der Waals surface area contributed by atoms with Gasteiger partial charge >= 0.3 is 5.97 Å². The van der Waals surface area contributed by atoms with Crippen LogP contribution in [0.1, 0.15) is 51.7 Å². The van der Waals surface area contributed by atoms with E-state index in [0.717, 1.165) is 23.1 Å². The molecule has 0 heterocycles. The molecule has 3 nitrogen and oxygen atoms in total. The first-order valence-electron chi connectivity index (χ1n) is 7.24. The summed E-state index contributed by atoms with van der Waals surface area (Å²) < 4.78 is 0. The predicted molar refractivity (Wildman–Crippen MR) is 78.5 cm³/mol. The van der Waals surface area contributed by atoms with Gasteiger partial charge in [0, 0.05) is 5.92 Å². The van der Waals surface area contributed by atoms with E-state index < -0.39 is 11.6 Å². The van der Waals surface area contributed by atoms with Crippen molar-refractivity contribution in [1.82, 2.24) is 0 Å². The summed E-state index contributed by atoms with van der Waals surface area (Å²) in [6.45, 7) is 0. The van der Waals surface area contributed by atoms with Gasteiger partial charge in [-0.1, -0.05) is 36.4 Å². The summed E-state index contributed by atoms with van der Waals surface area (Å²) in [5.41, 5.74) is 2.71. The van der Waals surface area contributed by atoms with Gasteiger partial charge < -0.3 is 10.2 Å². The minimum atomic E-state index is -0.890. The third-order valence-corrected chi connectivity index (χ3v) is 5.08. The number of rotatable bonds is 2. The van der Waals surface area contributed by atoms with Crippen LogP contribution in [-0.4, -0.2) is 16.2 Å². The first-order valence-corrected chi connectivity index (χ1v) is 7.24. The lowest BCUT2D eigenvalue weighted by Gasteiger charge is -2.34. The Morgan fingerprint density at radius 1 is 1.10 bits per heavy atom. The average molecular weight is 280 g/mol. The second-order valence-corrected chi connectivity index (χ2v) is 6.13. The molecule has 0 aromatic heterocycles. The van der Waals surface area contributed by atoms with Gasteiger partial charge in [0.2, 0.25) is 0 Å². The third-order valence-electron chi connectivity index (χ3n) is 5.08. The van der Waals surface area contributed by atoms with E-state index in [-0.39, 0.29) is 11.8 Å². The molecule has 0 saturated heterocycles. The maximum atomic E-state index is 11.2. The number of benzene rings is 2. The quantitative estimate of drug-likeness (QED) is 0.887. The molecule has 2 N–H and O–H groups in total. The summed E-state index contributed by atoms with van der Waals surface area (Å²) >= 11 is 0. The van der Waals surface area contributed by atoms with Crippen molar-refractivity contribution >= 4 is 5.97 Å². The van der Waals surface area contributed by atoms with Crippen LogP contribution in [0.25, 0.3) is 0 Å². The lowest BCUT2D eigenvalue weighted by atomic mass is 9.75. The highest BCUT2D eigenvalue weighted by Crippen LogP contribution is 2.61. The van der Waals surface area contributed by atoms with Crippen molar-refractivity contribution in [2.75, 3.05) is 0 Å². The molecule has 106 valence electrons. The van der Waals surface area contributed by atoms with Gasteiger partial charge in [0.15, 0.2) is 0 Å². The summed E-state index contributed by atoms with van der Waals surface area (Å²) in [4.78, 5) is 11.1. The molecule has 0 unspecified atom stereocenters. The molecule has 21 heavy (non-hydrogen) atoms. The molecule has 0 amide bonds. The molecule has 2 bridgehead atoms. The number of fused-ring (bicyclic) bond motifs is 5. The lowest BCUT2D eigenvalue weighted by molar-refractivity contribution is 0.0209. The Labute approximate surface area is 122 Å². The van der Waals surface area contributed by atoms with E-state index in [2.05, 4.69) is 0 Å². The molecule has 1 saturated carbocycles. The highest BCUT2D eigenvalue weighted by molar-refractivity contribution is 5.88. The van der Waals surface area contributed by atoms with E-state index in [1.54, 1.807) is 12.1 Å². The summed E-state index contributed by atoms with van der Waals surface area (Å²) in [7, 11) is 0. The Balaban J connectivity index is 1.79. The zero-order chi connectivity index (χ0) is 14.6. The van der Waals surface area contributed by atoms with Crippen LogP contribution in [0.2, 0.25) is 0 Å². The zero-order valence-electron chi connectivity index (χ0n) is 11.5. The van der Waals surface area contributed by atoms with Gasteiger partial charge in [-0.3, -0.25) is 0 Å². The van der Waals surface area contributed by atoms with Crippen LogP contribution in [0.5, 0.6) is 0 Å². The number of carboxylic acids is 1. The minimum absolute atomic E-state index is 0.0720. The molecule has 3 heteroatoms. The Morgan fingerprint density at radius 2 is 1.86 bits per heavy atom. The summed E-state index contributed by atoms with van der Waals surface area (Å²) in [5, 5.41) is 20.3. The topological polar surface area (TPSA) is 57.5 Å². The van der Waals surface area contributed by atoms with E-state index in [1.807, 2.05) is 36.4 Å². The van der Waals surface area contributed by atoms with Crippen molar-refractivity contribution < 1.29 is 15.0 Å². The third kappa shape index (κ3) is 1.67. The number of hydrogen-bond acceptors (Lipinski definition) is 2. The molecule has 2 aliphatic carbocycles. The van der Waals surface area contributed by atoms with Crippen molar-refractivity contribution in [3.63, 3.8) is 0 Å². The molecular weight excluding hydrogens is 264 g/mol. The molecule has 4 rings (SSSR count). The highest BCUT2D eigenvalue weighted by Gasteiger charge is 2.53. The van der Waals surface area contributed by atoms with Gasteiger partial charge in [0.25, 0.3) is 0 Å². The molecule has 3 atom stereocenters. The number of carboxylic acid groups (broad SMARTS) is 1. The van der Waals surface area contributed by atoms with Crippen molar-refractivity contribution in [2.24, 2.45) is 0 Å². The number of hydrogen-bond donors (Lipinski definition) is 2. The van der Waals surface area contributed by atoms with Crippen LogP contribution in [0.15, 0.2) is 48.5 Å². The normalized spacial score (nSPS) is 29.4. The molecule has 0 radical (unpaired) electrons. The molecule has 0 aliphatic heterocycles. The molecule has 0 spiro atoms. The van der Waals surface area contributed by atoms with Crippen LogP contribution in [0.4, 0.5) is 0 Å². The summed E-state index contributed by atoms with van der Waals surface area (Å²) in [6, 6.07) is 15.1. The number of carbonyl (C=O) groups is 1. The second kappa shape index (κ2) is 4.18. The first kappa shape index (κ1) is 12.6. The van der Waals surface area contributed by atoms with E-state index in [9.17, 15) is 9.90 Å². The fraction of sp³-hybridized carbons (Fsp3) is 0.278. The molecule has 1 fully saturated rings. The first-order chi connectivity index (χ1) is 10.1. The smallest absolute Gasteiger partial charge is 0.335 e. The van der Waals surface area contributed by atoms with Crippen LogP contribution in [0, 0.1) is 0 Å². The van der Waals surface area contributed by atoms with Crippen LogP contribution < -0.4 is 0 Å². The fourth-order valence-corrected chi connectivity index (χ4v) is 4.13. The second-order valence-electron chi connectivity index (χ2n) is 6.13. The van der Waals surface area contributed by atoms with Gasteiger partial charge in [-0.25, -0.2) is 4.79 Å². The lowest BCUT2D eigenvalue weighted by Crippen LogP contribution is -2.31. The van der Waals surface area contributed by atoms with E-state index in [1.165, 1.54) is 0 Å². The largest absolute Gasteiger partial charge is 0.478 e. The van der Waals surface area contributed by atoms with Crippen molar-refractivity contribution in [3.8, 4) is 0 Å². The number of aliphatic hydroxyl groups is 1. The molecular formula is C18H16O3. The highest BCUT2D eigenvalue weighted by atomic mass is 16.4. The van der Waals surface area contributed by atoms with Gasteiger partial charge in [0.05, 0.1) is 11.2 Å². The Morgan fingerprint density at radius 3 is 2.57 bits per heavy atom. The summed E-state index contributed by atoms with van der Waals surface area (Å²) in [6.07, 6.45) is 1.58. The Bertz CT molecular complexity index is 722. The number of aromatic carboxylic acids is 1. The van der Waals surface area contributed by atoms with Crippen LogP contribution in [0.3, 0.4) is 0 Å². The Kier molecular flexibility index (Phi) is 2.51. The van der Waals surface area contributed by atoms with Crippen molar-refractivity contribution in [2.45, 2.75) is 30.3 Å². The van der Waals surface area contributed by atoms with E-state index in [4.69, 9.17) is 5.11 Å². The molecule has 2 aliphatic rings. The van der Waals surface area contributed by atoms with Crippen molar-refractivity contribution in [1.29, 1.82) is 0 Å². The van der Waals surface area contributed by atoms with Gasteiger partial charge in [-0.2, -0.15) is 0 Å². The average Bonchev–Trinajstić information content (AvgIpc) is 3.04. The molecule has 2 aromatic carbocycles. The van der Waals surface area contributed by atoms with Crippen LogP contribution in [-0.2, 0) is 5.60 Å². The van der Waals surface area contributed by atoms with Gasteiger partial charge in [0.1, 0.15) is 0 Å². The van der Waals surface area contributed by atoms with Crippen molar-refractivity contribution in [3.05, 3.63) is 70.8 Å². The van der Waals surface area contributed by atoms with E-state index in [0.29, 0.717) is 12.0 Å². The van der Waals surface area contributed by atoms with E-state index >= 15 is 0 Å². The zero-order valence-corrected chi connectivity index (χ0v) is 11.5. The SMILES string of the molecule is O=C(O)c1ccc2c(c1)[C@H]1C[C@@H]2[C@@](O)(c2ccccc2)C1. The minimum Gasteiger partial charge on any atom is -0.478 e. The summed E-state index contributed by atoms with van der Waals surface area (Å²) in [5.74, 6) is -0.559. The monoisotopic (exact) mass is 280 g/mol. The van der Waals surface area contributed by atoms with Crippen LogP contribution >= 0.6 is 0 Å². The molecule has 2 aromatic rings. The maximum absolute atomic E-state index is 11.2. The standard InChI is InChI=1S/C18H16O3/c19-17(20)11-6-7-14-15(8-11)12-9-16(14)18(21,10-12)13-4-2-1-3-5-13/h1-8,12,16,21H,9-10H2,(H,19,20)/t12-,16-,18-/m0/s1.